The molecule has 0 aliphatic heterocycles. The van der Waals surface area contributed by atoms with Gasteiger partial charge in [-0.25, -0.2) is 8.42 Å². The maximum absolute atomic E-state index is 12.6. The zero-order valence-corrected chi connectivity index (χ0v) is 13.9. The van der Waals surface area contributed by atoms with Gasteiger partial charge in [0.25, 0.3) is 0 Å². The van der Waals surface area contributed by atoms with Crippen LogP contribution in [0.15, 0.2) is 29.3 Å². The Morgan fingerprint density at radius 1 is 1.52 bits per heavy atom. The van der Waals surface area contributed by atoms with E-state index in [0.717, 1.165) is 24.4 Å². The van der Waals surface area contributed by atoms with Crippen molar-refractivity contribution in [1.82, 2.24) is 14.2 Å². The van der Waals surface area contributed by atoms with Crippen molar-refractivity contribution in [3.8, 4) is 0 Å². The van der Waals surface area contributed by atoms with Crippen LogP contribution in [-0.4, -0.2) is 36.9 Å². The summed E-state index contributed by atoms with van der Waals surface area (Å²) in [6, 6.07) is 2.39. The van der Waals surface area contributed by atoms with Crippen LogP contribution in [0.2, 0.25) is 0 Å². The quantitative estimate of drug-likeness (QED) is 0.747. The first-order valence-corrected chi connectivity index (χ1v) is 8.81. The first-order chi connectivity index (χ1) is 9.84. The Morgan fingerprint density at radius 3 is 2.71 bits per heavy atom. The van der Waals surface area contributed by atoms with E-state index in [2.05, 4.69) is 11.9 Å². The van der Waals surface area contributed by atoms with Gasteiger partial charge in [0.05, 0.1) is 0 Å². The lowest BCUT2D eigenvalue weighted by atomic mass is 10.4. The first-order valence-electron chi connectivity index (χ1n) is 7.37. The van der Waals surface area contributed by atoms with Crippen LogP contribution in [0.25, 0.3) is 0 Å². The van der Waals surface area contributed by atoms with Crippen LogP contribution in [-0.2, 0) is 23.1 Å². The van der Waals surface area contributed by atoms with Gasteiger partial charge in [0.1, 0.15) is 4.90 Å². The monoisotopic (exact) mass is 311 g/mol. The molecule has 1 aromatic heterocycles. The van der Waals surface area contributed by atoms with Crippen molar-refractivity contribution in [1.29, 1.82) is 0 Å². The van der Waals surface area contributed by atoms with Gasteiger partial charge < -0.3 is 9.88 Å². The normalized spacial score (nSPS) is 15.6. The Morgan fingerprint density at radius 2 is 2.19 bits per heavy atom. The van der Waals surface area contributed by atoms with E-state index in [1.807, 2.05) is 18.4 Å². The Labute approximate surface area is 127 Å². The second-order valence-electron chi connectivity index (χ2n) is 5.83. The molecule has 1 saturated carbocycles. The number of likely N-dealkylation sites (N-methyl/N-ethyl adjacent to an activating group) is 1. The van der Waals surface area contributed by atoms with E-state index in [1.54, 1.807) is 19.3 Å². The minimum absolute atomic E-state index is 0.343. The predicted octanol–water partition coefficient (Wildman–Crippen LogP) is 1.96. The molecule has 0 bridgehead atoms. The molecule has 0 saturated heterocycles. The summed E-state index contributed by atoms with van der Waals surface area (Å²) in [7, 11) is -1.85. The number of hydrogen-bond donors (Lipinski definition) is 1. The van der Waals surface area contributed by atoms with Crippen LogP contribution in [0, 0.1) is 0 Å². The molecule has 1 aliphatic rings. The van der Waals surface area contributed by atoms with Crippen molar-refractivity contribution in [2.24, 2.45) is 0 Å². The summed E-state index contributed by atoms with van der Waals surface area (Å²) < 4.78 is 28.4. The fraction of sp³-hybridized carbons (Fsp3) is 0.600. The van der Waals surface area contributed by atoms with Gasteiger partial charge in [-0.05, 0) is 32.8 Å². The number of aromatic nitrogens is 1. The molecule has 0 spiro atoms. The van der Waals surface area contributed by atoms with Crippen molar-refractivity contribution in [2.45, 2.75) is 50.7 Å². The third kappa shape index (κ3) is 3.96. The molecule has 2 rings (SSSR count). The molecule has 0 unspecified atom stereocenters. The highest BCUT2D eigenvalue weighted by Gasteiger charge is 2.25. The molecular weight excluding hydrogens is 286 g/mol. The van der Waals surface area contributed by atoms with Crippen LogP contribution in [0.5, 0.6) is 0 Å². The smallest absolute Gasteiger partial charge is 0.244 e. The zero-order valence-electron chi connectivity index (χ0n) is 13.1. The number of rotatable bonds is 8. The third-order valence-corrected chi connectivity index (χ3v) is 5.42. The molecule has 1 aromatic rings. The van der Waals surface area contributed by atoms with Gasteiger partial charge in [-0.2, -0.15) is 4.31 Å². The summed E-state index contributed by atoms with van der Waals surface area (Å²) in [5.74, 6) is 0. The molecule has 0 aromatic carbocycles. The fourth-order valence-electron chi connectivity index (χ4n) is 2.29. The summed E-state index contributed by atoms with van der Waals surface area (Å²) in [6.45, 7) is 9.45. The summed E-state index contributed by atoms with van der Waals surface area (Å²) in [6.07, 6.45) is 4.17. The average Bonchev–Trinajstić information content (AvgIpc) is 3.13. The lowest BCUT2D eigenvalue weighted by Gasteiger charge is -2.15. The van der Waals surface area contributed by atoms with Crippen LogP contribution in [0.4, 0.5) is 0 Å². The minimum atomic E-state index is -3.44. The van der Waals surface area contributed by atoms with Crippen LogP contribution >= 0.6 is 0 Å². The Bertz CT molecular complexity index is 615. The van der Waals surface area contributed by atoms with E-state index in [9.17, 15) is 8.42 Å². The van der Waals surface area contributed by atoms with Crippen molar-refractivity contribution >= 4 is 10.0 Å². The number of hydrogen-bond acceptors (Lipinski definition) is 3. The van der Waals surface area contributed by atoms with Gasteiger partial charge in [0.15, 0.2) is 0 Å². The second kappa shape index (κ2) is 6.34. The lowest BCUT2D eigenvalue weighted by molar-refractivity contribution is 0.493. The lowest BCUT2D eigenvalue weighted by Crippen LogP contribution is -2.28. The number of nitrogens with zero attached hydrogens (tertiary/aromatic N) is 2. The SMILES string of the molecule is C=C(C)CN(C)S(=O)(=O)c1cc(CNC2CC2)n(CC)c1. The molecule has 0 amide bonds. The molecule has 1 N–H and O–H groups in total. The van der Waals surface area contributed by atoms with Gasteiger partial charge in [-0.15, -0.1) is 0 Å². The first kappa shape index (κ1) is 16.3. The summed E-state index contributed by atoms with van der Waals surface area (Å²) >= 11 is 0. The molecule has 118 valence electrons. The van der Waals surface area contributed by atoms with Crippen LogP contribution < -0.4 is 5.32 Å². The van der Waals surface area contributed by atoms with Crippen LogP contribution in [0.3, 0.4) is 0 Å². The number of aryl methyl sites for hydroxylation is 1. The van der Waals surface area contributed by atoms with Gasteiger partial charge in [-0.1, -0.05) is 12.2 Å². The van der Waals surface area contributed by atoms with E-state index in [-0.39, 0.29) is 0 Å². The van der Waals surface area contributed by atoms with Crippen molar-refractivity contribution in [3.63, 3.8) is 0 Å². The average molecular weight is 311 g/mol. The molecule has 1 aliphatic carbocycles. The van der Waals surface area contributed by atoms with E-state index in [1.165, 1.54) is 17.1 Å². The third-order valence-electron chi connectivity index (χ3n) is 3.65. The molecule has 6 heteroatoms. The van der Waals surface area contributed by atoms with Crippen LogP contribution in [0.1, 0.15) is 32.4 Å². The molecule has 0 atom stereocenters. The maximum Gasteiger partial charge on any atom is 0.244 e. The molecule has 21 heavy (non-hydrogen) atoms. The fourth-order valence-corrected chi connectivity index (χ4v) is 3.59. The van der Waals surface area contributed by atoms with Crippen molar-refractivity contribution < 1.29 is 8.42 Å². The molecule has 5 nitrogen and oxygen atoms in total. The largest absolute Gasteiger partial charge is 0.349 e. The van der Waals surface area contributed by atoms with Gasteiger partial charge in [-0.3, -0.25) is 0 Å². The minimum Gasteiger partial charge on any atom is -0.349 e. The second-order valence-corrected chi connectivity index (χ2v) is 7.87. The standard InChI is InChI=1S/C15H25N3O2S/c1-5-18-11-15(8-14(18)9-16-13-6-7-13)21(19,20)17(4)10-12(2)3/h8,11,13,16H,2,5-7,9-10H2,1,3-4H3. The topological polar surface area (TPSA) is 54.3 Å². The van der Waals surface area contributed by atoms with E-state index in [0.29, 0.717) is 17.5 Å². The van der Waals surface area contributed by atoms with Crippen molar-refractivity contribution in [2.75, 3.05) is 13.6 Å². The summed E-state index contributed by atoms with van der Waals surface area (Å²) in [5, 5.41) is 3.43. The van der Waals surface area contributed by atoms with Gasteiger partial charge >= 0.3 is 0 Å². The molecule has 0 radical (unpaired) electrons. The predicted molar refractivity (Wildman–Crippen MR) is 84.6 cm³/mol. The highest BCUT2D eigenvalue weighted by Crippen LogP contribution is 2.22. The summed E-state index contributed by atoms with van der Waals surface area (Å²) in [4.78, 5) is 0.362. The molecule has 1 fully saturated rings. The Balaban J connectivity index is 2.19. The van der Waals surface area contributed by atoms with E-state index >= 15 is 0 Å². The highest BCUT2D eigenvalue weighted by molar-refractivity contribution is 7.89. The van der Waals surface area contributed by atoms with Gasteiger partial charge in [0, 0.05) is 44.6 Å². The van der Waals surface area contributed by atoms with E-state index < -0.39 is 10.0 Å². The maximum atomic E-state index is 12.6. The summed E-state index contributed by atoms with van der Waals surface area (Å²) in [5.41, 5.74) is 1.85. The zero-order chi connectivity index (χ0) is 15.6. The van der Waals surface area contributed by atoms with E-state index in [4.69, 9.17) is 0 Å². The number of nitrogens with one attached hydrogen (secondary N) is 1. The highest BCUT2D eigenvalue weighted by atomic mass is 32.2. The Hall–Kier alpha value is -1.11. The molecular formula is C15H25N3O2S. The number of sulfonamides is 1. The molecule has 1 heterocycles. The van der Waals surface area contributed by atoms with Crippen molar-refractivity contribution in [3.05, 3.63) is 30.1 Å². The Kier molecular flexibility index (Phi) is 4.91. The van der Waals surface area contributed by atoms with Gasteiger partial charge in [0.2, 0.25) is 10.0 Å².